The van der Waals surface area contributed by atoms with Crippen molar-refractivity contribution in [2.75, 3.05) is 11.6 Å². The van der Waals surface area contributed by atoms with Crippen LogP contribution in [0.1, 0.15) is 31.4 Å². The van der Waals surface area contributed by atoms with E-state index in [-0.39, 0.29) is 17.9 Å². The Bertz CT molecular complexity index is 562. The predicted octanol–water partition coefficient (Wildman–Crippen LogP) is 1.65. The maximum absolute atomic E-state index is 11.6. The molecule has 2 N–H and O–H groups in total. The minimum atomic E-state index is -3.22. The number of nitrogens with one attached hydrogen (secondary N) is 2. The van der Waals surface area contributed by atoms with E-state index in [0.29, 0.717) is 0 Å². The summed E-state index contributed by atoms with van der Waals surface area (Å²) in [6, 6.07) is 6.91. The Hall–Kier alpha value is -1.40. The van der Waals surface area contributed by atoms with Gasteiger partial charge in [0, 0.05) is 17.6 Å². The molecule has 5 nitrogen and oxygen atoms in total. The average molecular weight is 282 g/mol. The minimum Gasteiger partial charge on any atom is -0.326 e. The monoisotopic (exact) mass is 282 g/mol. The molecule has 0 saturated heterocycles. The highest BCUT2D eigenvalue weighted by Crippen LogP contribution is 2.30. The molecule has 0 bridgehead atoms. The van der Waals surface area contributed by atoms with Crippen LogP contribution in [-0.4, -0.2) is 20.6 Å². The second-order valence-electron chi connectivity index (χ2n) is 5.00. The Morgan fingerprint density at radius 3 is 2.32 bits per heavy atom. The van der Waals surface area contributed by atoms with Crippen LogP contribution >= 0.6 is 0 Å². The first-order valence-electron chi connectivity index (χ1n) is 6.23. The highest BCUT2D eigenvalue weighted by molar-refractivity contribution is 7.88. The summed E-state index contributed by atoms with van der Waals surface area (Å²) in [5.41, 5.74) is 1.60. The van der Waals surface area contributed by atoms with E-state index >= 15 is 0 Å². The largest absolute Gasteiger partial charge is 0.326 e. The van der Waals surface area contributed by atoms with E-state index < -0.39 is 10.0 Å². The maximum Gasteiger partial charge on any atom is 0.227 e. The van der Waals surface area contributed by atoms with E-state index in [1.165, 1.54) is 0 Å². The van der Waals surface area contributed by atoms with E-state index in [4.69, 9.17) is 0 Å². The van der Waals surface area contributed by atoms with Crippen LogP contribution in [0.3, 0.4) is 0 Å². The summed E-state index contributed by atoms with van der Waals surface area (Å²) in [7, 11) is -3.22. The van der Waals surface area contributed by atoms with Crippen LogP contribution in [0, 0.1) is 5.92 Å². The molecule has 19 heavy (non-hydrogen) atoms. The lowest BCUT2D eigenvalue weighted by atomic mass is 10.1. The summed E-state index contributed by atoms with van der Waals surface area (Å²) in [5.74, 6) is 0.237. The summed E-state index contributed by atoms with van der Waals surface area (Å²) >= 11 is 0. The minimum absolute atomic E-state index is 0.0649. The van der Waals surface area contributed by atoms with Crippen LogP contribution in [-0.2, 0) is 14.8 Å². The number of carbonyl (C=O) groups is 1. The van der Waals surface area contributed by atoms with Crippen LogP contribution in [0.4, 0.5) is 5.69 Å². The number of anilines is 1. The van der Waals surface area contributed by atoms with Crippen molar-refractivity contribution in [1.29, 1.82) is 0 Å². The van der Waals surface area contributed by atoms with E-state index in [1.54, 1.807) is 19.1 Å². The molecule has 0 unspecified atom stereocenters. The lowest BCUT2D eigenvalue weighted by Crippen LogP contribution is -2.25. The van der Waals surface area contributed by atoms with Gasteiger partial charge in [-0.25, -0.2) is 13.1 Å². The van der Waals surface area contributed by atoms with Gasteiger partial charge in [0.1, 0.15) is 0 Å². The van der Waals surface area contributed by atoms with E-state index in [2.05, 4.69) is 10.0 Å². The summed E-state index contributed by atoms with van der Waals surface area (Å²) in [6.45, 7) is 1.78. The third-order valence-corrected chi connectivity index (χ3v) is 3.80. The Kier molecular flexibility index (Phi) is 3.91. The zero-order valence-corrected chi connectivity index (χ0v) is 11.8. The summed E-state index contributed by atoms with van der Waals surface area (Å²) < 4.78 is 24.8. The van der Waals surface area contributed by atoms with Gasteiger partial charge >= 0.3 is 0 Å². The van der Waals surface area contributed by atoms with Gasteiger partial charge in [0.25, 0.3) is 0 Å². The standard InChI is InChI=1S/C13H18N2O3S/c1-9(15-19(2,17)18)10-5-7-12(8-6-10)14-13(16)11-3-4-11/h5-9,11,15H,3-4H2,1-2H3,(H,14,16)/t9-/m0/s1. The molecule has 1 aromatic rings. The Morgan fingerprint density at radius 1 is 1.26 bits per heavy atom. The maximum atomic E-state index is 11.6. The first-order chi connectivity index (χ1) is 8.85. The topological polar surface area (TPSA) is 75.3 Å². The lowest BCUT2D eigenvalue weighted by Gasteiger charge is -2.13. The summed E-state index contributed by atoms with van der Waals surface area (Å²) in [5, 5.41) is 2.84. The molecule has 0 spiro atoms. The van der Waals surface area contributed by atoms with Gasteiger partial charge in [0.05, 0.1) is 6.26 Å². The van der Waals surface area contributed by atoms with Crippen molar-refractivity contribution in [1.82, 2.24) is 4.72 Å². The molecule has 1 aliphatic rings. The molecule has 1 aliphatic carbocycles. The molecule has 2 rings (SSSR count). The average Bonchev–Trinajstić information content (AvgIpc) is 3.11. The van der Waals surface area contributed by atoms with Gasteiger partial charge in [-0.1, -0.05) is 12.1 Å². The summed E-state index contributed by atoms with van der Waals surface area (Å²) in [6.07, 6.45) is 3.08. The van der Waals surface area contributed by atoms with E-state index in [1.807, 2.05) is 12.1 Å². The smallest absolute Gasteiger partial charge is 0.227 e. The molecule has 6 heteroatoms. The fraction of sp³-hybridized carbons (Fsp3) is 0.462. The van der Waals surface area contributed by atoms with Crippen molar-refractivity contribution >= 4 is 21.6 Å². The van der Waals surface area contributed by atoms with Crippen LogP contribution in [0.25, 0.3) is 0 Å². The summed E-state index contributed by atoms with van der Waals surface area (Å²) in [4.78, 5) is 11.6. The van der Waals surface area contributed by atoms with Gasteiger partial charge in [-0.05, 0) is 37.5 Å². The van der Waals surface area contributed by atoms with Gasteiger partial charge in [0.2, 0.25) is 15.9 Å². The van der Waals surface area contributed by atoms with Crippen molar-refractivity contribution in [3.63, 3.8) is 0 Å². The van der Waals surface area contributed by atoms with E-state index in [0.717, 1.165) is 30.3 Å². The van der Waals surface area contributed by atoms with Crippen LogP contribution in [0.2, 0.25) is 0 Å². The highest BCUT2D eigenvalue weighted by Gasteiger charge is 2.29. The van der Waals surface area contributed by atoms with Crippen molar-refractivity contribution in [2.24, 2.45) is 5.92 Å². The number of benzene rings is 1. The second kappa shape index (κ2) is 5.30. The Labute approximate surface area is 113 Å². The molecule has 1 atom stereocenters. The van der Waals surface area contributed by atoms with Gasteiger partial charge in [0.15, 0.2) is 0 Å². The van der Waals surface area contributed by atoms with Crippen molar-refractivity contribution in [3.05, 3.63) is 29.8 Å². The molecule has 104 valence electrons. The molecule has 1 amide bonds. The number of hydrogen-bond acceptors (Lipinski definition) is 3. The molecular formula is C13H18N2O3S. The highest BCUT2D eigenvalue weighted by atomic mass is 32.2. The van der Waals surface area contributed by atoms with Gasteiger partial charge in [-0.3, -0.25) is 4.79 Å². The molecule has 0 aromatic heterocycles. The number of hydrogen-bond donors (Lipinski definition) is 2. The molecule has 1 aromatic carbocycles. The lowest BCUT2D eigenvalue weighted by molar-refractivity contribution is -0.117. The molecule has 1 fully saturated rings. The third-order valence-electron chi connectivity index (χ3n) is 3.02. The number of sulfonamides is 1. The number of carbonyl (C=O) groups excluding carboxylic acids is 1. The van der Waals surface area contributed by atoms with Gasteiger partial charge in [-0.2, -0.15) is 0 Å². The molecular weight excluding hydrogens is 264 g/mol. The normalized spacial score (nSPS) is 16.9. The molecule has 0 radical (unpaired) electrons. The Morgan fingerprint density at radius 2 is 1.84 bits per heavy atom. The van der Waals surface area contributed by atoms with Gasteiger partial charge < -0.3 is 5.32 Å². The SMILES string of the molecule is C[C@H](NS(C)(=O)=O)c1ccc(NC(=O)C2CC2)cc1. The predicted molar refractivity (Wildman–Crippen MR) is 74.2 cm³/mol. The quantitative estimate of drug-likeness (QED) is 0.862. The van der Waals surface area contributed by atoms with Crippen LogP contribution in [0.5, 0.6) is 0 Å². The van der Waals surface area contributed by atoms with Crippen molar-refractivity contribution < 1.29 is 13.2 Å². The first-order valence-corrected chi connectivity index (χ1v) is 8.12. The van der Waals surface area contributed by atoms with Gasteiger partial charge in [-0.15, -0.1) is 0 Å². The zero-order valence-electron chi connectivity index (χ0n) is 11.0. The fourth-order valence-corrected chi connectivity index (χ4v) is 2.61. The zero-order chi connectivity index (χ0) is 14.0. The third kappa shape index (κ3) is 4.33. The van der Waals surface area contributed by atoms with Crippen LogP contribution < -0.4 is 10.0 Å². The number of rotatable bonds is 5. The second-order valence-corrected chi connectivity index (χ2v) is 6.78. The van der Waals surface area contributed by atoms with E-state index in [9.17, 15) is 13.2 Å². The molecule has 0 heterocycles. The number of amides is 1. The van der Waals surface area contributed by atoms with Crippen molar-refractivity contribution in [2.45, 2.75) is 25.8 Å². The van der Waals surface area contributed by atoms with Crippen molar-refractivity contribution in [3.8, 4) is 0 Å². The van der Waals surface area contributed by atoms with Crippen LogP contribution in [0.15, 0.2) is 24.3 Å². The molecule has 0 aliphatic heterocycles. The first kappa shape index (κ1) is 14.0. The molecule has 1 saturated carbocycles. The fourth-order valence-electron chi connectivity index (χ4n) is 1.83. The Balaban J connectivity index is 1.99.